The number of rotatable bonds is 2. The van der Waals surface area contributed by atoms with E-state index in [0.29, 0.717) is 17.6 Å². The second-order valence-corrected chi connectivity index (χ2v) is 5.98. The molecule has 0 radical (unpaired) electrons. The normalized spacial score (nSPS) is 26.9. The van der Waals surface area contributed by atoms with Gasteiger partial charge in [-0.15, -0.1) is 6.42 Å². The van der Waals surface area contributed by atoms with Gasteiger partial charge in [-0.3, -0.25) is 4.79 Å². The van der Waals surface area contributed by atoms with Gasteiger partial charge >= 0.3 is 0 Å². The maximum Gasteiger partial charge on any atom is 0.251 e. The number of hydrogen-bond donors (Lipinski definition) is 2. The molecule has 3 atom stereocenters. The van der Waals surface area contributed by atoms with Crippen molar-refractivity contribution in [1.82, 2.24) is 15.0 Å². The highest BCUT2D eigenvalue weighted by Crippen LogP contribution is 2.28. The smallest absolute Gasteiger partial charge is 0.251 e. The molecule has 2 aromatic heterocycles. The first-order chi connectivity index (χ1) is 10.2. The van der Waals surface area contributed by atoms with Crippen LogP contribution >= 0.6 is 0 Å². The number of pyridine rings is 1. The van der Waals surface area contributed by atoms with Crippen LogP contribution in [0.15, 0.2) is 30.6 Å². The highest BCUT2D eigenvalue weighted by molar-refractivity contribution is 5.95. The number of hydrogen-bond acceptors (Lipinski definition) is 2. The zero-order valence-corrected chi connectivity index (χ0v) is 11.7. The Labute approximate surface area is 123 Å². The van der Waals surface area contributed by atoms with Crippen LogP contribution in [0.5, 0.6) is 0 Å². The van der Waals surface area contributed by atoms with Crippen LogP contribution in [0.25, 0.3) is 5.52 Å². The van der Waals surface area contributed by atoms with Gasteiger partial charge in [-0.1, -0.05) is 5.92 Å². The van der Waals surface area contributed by atoms with E-state index in [2.05, 4.69) is 16.6 Å². The quantitative estimate of drug-likeness (QED) is 0.819. The monoisotopic (exact) mass is 279 g/mol. The fourth-order valence-electron chi connectivity index (χ4n) is 3.56. The Kier molecular flexibility index (Phi) is 2.76. The van der Waals surface area contributed by atoms with Gasteiger partial charge in [-0.2, -0.15) is 0 Å². The zero-order valence-electron chi connectivity index (χ0n) is 11.7. The maximum atomic E-state index is 12.4. The molecule has 2 N–H and O–H groups in total. The summed E-state index contributed by atoms with van der Waals surface area (Å²) in [7, 11) is 0. The fourth-order valence-corrected chi connectivity index (χ4v) is 3.56. The standard InChI is InChI=1S/C17H17N3O/c1-2-11-7-14-8-12(5-6-20(14)10-11)17(21)19-16-9-13-3-4-15(16)18-13/h1,5-8,10,13,15-16,18H,3-4,9H2,(H,19,21). The lowest BCUT2D eigenvalue weighted by Crippen LogP contribution is -2.42. The number of aromatic nitrogens is 1. The van der Waals surface area contributed by atoms with Crippen molar-refractivity contribution in [1.29, 1.82) is 0 Å². The van der Waals surface area contributed by atoms with Crippen LogP contribution in [-0.2, 0) is 0 Å². The summed E-state index contributed by atoms with van der Waals surface area (Å²) in [5, 5.41) is 6.70. The summed E-state index contributed by atoms with van der Waals surface area (Å²) in [6.45, 7) is 0. The zero-order chi connectivity index (χ0) is 14.4. The molecule has 1 amide bonds. The lowest BCUT2D eigenvalue weighted by Gasteiger charge is -2.21. The minimum atomic E-state index is 0.000285. The molecule has 0 aromatic carbocycles. The Morgan fingerprint density at radius 2 is 2.33 bits per heavy atom. The van der Waals surface area contributed by atoms with E-state index in [-0.39, 0.29) is 11.9 Å². The molecule has 4 nitrogen and oxygen atoms in total. The number of nitrogens with one attached hydrogen (secondary N) is 2. The number of nitrogens with zero attached hydrogens (tertiary/aromatic N) is 1. The van der Waals surface area contributed by atoms with Crippen molar-refractivity contribution in [2.24, 2.45) is 0 Å². The Hall–Kier alpha value is -2.25. The van der Waals surface area contributed by atoms with Crippen molar-refractivity contribution in [3.05, 3.63) is 41.7 Å². The van der Waals surface area contributed by atoms with Gasteiger partial charge in [0.25, 0.3) is 5.91 Å². The van der Waals surface area contributed by atoms with Gasteiger partial charge in [0.2, 0.25) is 0 Å². The van der Waals surface area contributed by atoms with Gasteiger partial charge in [0, 0.05) is 47.2 Å². The molecule has 0 spiro atoms. The molecule has 2 fully saturated rings. The molecule has 2 bridgehead atoms. The molecule has 3 unspecified atom stereocenters. The summed E-state index contributed by atoms with van der Waals surface area (Å²) in [6.07, 6.45) is 12.6. The minimum Gasteiger partial charge on any atom is -0.348 e. The van der Waals surface area contributed by atoms with Crippen molar-refractivity contribution >= 4 is 11.4 Å². The van der Waals surface area contributed by atoms with E-state index in [9.17, 15) is 4.79 Å². The predicted octanol–water partition coefficient (Wildman–Crippen LogP) is 1.54. The molecule has 0 aliphatic carbocycles. The lowest BCUT2D eigenvalue weighted by atomic mass is 9.95. The van der Waals surface area contributed by atoms with Crippen molar-refractivity contribution in [2.75, 3.05) is 0 Å². The molecule has 4 rings (SSSR count). The number of fused-ring (bicyclic) bond motifs is 3. The molecule has 4 heteroatoms. The highest BCUT2D eigenvalue weighted by atomic mass is 16.1. The summed E-state index contributed by atoms with van der Waals surface area (Å²) >= 11 is 0. The Balaban J connectivity index is 1.55. The number of carbonyl (C=O) groups excluding carboxylic acids is 1. The Bertz CT molecular complexity index is 755. The van der Waals surface area contributed by atoms with E-state index in [1.807, 2.05) is 35.0 Å². The average molecular weight is 279 g/mol. The second kappa shape index (κ2) is 4.64. The lowest BCUT2D eigenvalue weighted by molar-refractivity contribution is 0.0931. The molecular weight excluding hydrogens is 262 g/mol. The molecule has 2 aliphatic heterocycles. The third-order valence-electron chi connectivity index (χ3n) is 4.64. The molecule has 2 aliphatic rings. The Morgan fingerprint density at radius 3 is 3.05 bits per heavy atom. The third-order valence-corrected chi connectivity index (χ3v) is 4.64. The molecule has 4 heterocycles. The van der Waals surface area contributed by atoms with Crippen molar-refractivity contribution in [3.63, 3.8) is 0 Å². The largest absolute Gasteiger partial charge is 0.348 e. The summed E-state index contributed by atoms with van der Waals surface area (Å²) < 4.78 is 1.94. The van der Waals surface area contributed by atoms with Crippen molar-refractivity contribution in [3.8, 4) is 12.3 Å². The van der Waals surface area contributed by atoms with Crippen molar-refractivity contribution < 1.29 is 4.79 Å². The minimum absolute atomic E-state index is 0.000285. The van der Waals surface area contributed by atoms with Crippen LogP contribution in [0.2, 0.25) is 0 Å². The summed E-state index contributed by atoms with van der Waals surface area (Å²) in [6, 6.07) is 6.94. The fraction of sp³-hybridized carbons (Fsp3) is 0.353. The van der Waals surface area contributed by atoms with Gasteiger partial charge in [-0.25, -0.2) is 0 Å². The topological polar surface area (TPSA) is 45.5 Å². The second-order valence-electron chi connectivity index (χ2n) is 5.98. The first kappa shape index (κ1) is 12.5. The van der Waals surface area contributed by atoms with Gasteiger partial charge in [0.05, 0.1) is 0 Å². The molecule has 2 saturated heterocycles. The van der Waals surface area contributed by atoms with Gasteiger partial charge in [0.15, 0.2) is 0 Å². The third kappa shape index (κ3) is 2.10. The van der Waals surface area contributed by atoms with Crippen LogP contribution in [0.4, 0.5) is 0 Å². The SMILES string of the molecule is C#Cc1cc2cc(C(=O)NC3CC4CCC3N4)ccn2c1. The number of carbonyl (C=O) groups is 1. The van der Waals surface area contributed by atoms with Gasteiger partial charge in [-0.05, 0) is 37.5 Å². The van der Waals surface area contributed by atoms with E-state index < -0.39 is 0 Å². The van der Waals surface area contributed by atoms with Gasteiger partial charge in [0.1, 0.15) is 0 Å². The molecule has 2 aromatic rings. The van der Waals surface area contributed by atoms with Crippen LogP contribution in [0.3, 0.4) is 0 Å². The van der Waals surface area contributed by atoms with E-state index in [0.717, 1.165) is 17.5 Å². The number of amides is 1. The highest BCUT2D eigenvalue weighted by Gasteiger charge is 2.39. The molecule has 106 valence electrons. The maximum absolute atomic E-state index is 12.4. The van der Waals surface area contributed by atoms with Gasteiger partial charge < -0.3 is 15.0 Å². The summed E-state index contributed by atoms with van der Waals surface area (Å²) in [5.74, 6) is 2.61. The summed E-state index contributed by atoms with van der Waals surface area (Å²) in [4.78, 5) is 12.4. The molecular formula is C17H17N3O. The van der Waals surface area contributed by atoms with E-state index >= 15 is 0 Å². The van der Waals surface area contributed by atoms with Crippen molar-refractivity contribution in [2.45, 2.75) is 37.4 Å². The van der Waals surface area contributed by atoms with E-state index in [1.165, 1.54) is 12.8 Å². The van der Waals surface area contributed by atoms with Crippen LogP contribution < -0.4 is 10.6 Å². The van der Waals surface area contributed by atoms with Crippen LogP contribution in [0, 0.1) is 12.3 Å². The first-order valence-electron chi connectivity index (χ1n) is 7.38. The van der Waals surface area contributed by atoms with Crippen LogP contribution in [0.1, 0.15) is 35.2 Å². The Morgan fingerprint density at radius 1 is 1.43 bits per heavy atom. The summed E-state index contributed by atoms with van der Waals surface area (Å²) in [5.41, 5.74) is 2.46. The predicted molar refractivity (Wildman–Crippen MR) is 81.1 cm³/mol. The van der Waals surface area contributed by atoms with Crippen LogP contribution in [-0.4, -0.2) is 28.4 Å². The average Bonchev–Trinajstić information content (AvgIpc) is 3.20. The molecule has 21 heavy (non-hydrogen) atoms. The van der Waals surface area contributed by atoms with E-state index in [4.69, 9.17) is 6.42 Å². The van der Waals surface area contributed by atoms with E-state index in [1.54, 1.807) is 0 Å². The first-order valence-corrected chi connectivity index (χ1v) is 7.38. The molecule has 0 saturated carbocycles. The number of terminal acetylenes is 1.